The van der Waals surface area contributed by atoms with Gasteiger partial charge in [-0.1, -0.05) is 255 Å². The molecule has 0 saturated carbocycles. The van der Waals surface area contributed by atoms with Crippen molar-refractivity contribution in [3.63, 3.8) is 0 Å². The highest BCUT2D eigenvalue weighted by atomic mass is 15.2. The molecule has 0 spiro atoms. The van der Waals surface area contributed by atoms with E-state index in [-0.39, 0.29) is 0 Å². The molecule has 0 radical (unpaired) electrons. The fourth-order valence-corrected chi connectivity index (χ4v) is 12.0. The average molecular weight is 1080 g/mol. The molecule has 0 aliphatic heterocycles. The van der Waals surface area contributed by atoms with Gasteiger partial charge < -0.3 is 14.7 Å². The van der Waals surface area contributed by atoms with E-state index in [1.54, 1.807) is 0 Å². The number of anilines is 9. The van der Waals surface area contributed by atoms with Crippen molar-refractivity contribution in [1.29, 1.82) is 0 Å². The van der Waals surface area contributed by atoms with Crippen LogP contribution >= 0.6 is 0 Å². The molecule has 13 aromatic rings. The third-order valence-electron chi connectivity index (χ3n) is 16.2. The largest absolute Gasteiger partial charge is 0.310 e. The Kier molecular flexibility index (Phi) is 14.9. The Morgan fingerprint density at radius 3 is 0.393 bits per heavy atom. The van der Waals surface area contributed by atoms with Crippen LogP contribution in [0.5, 0.6) is 0 Å². The molecule has 13 rings (SSSR count). The van der Waals surface area contributed by atoms with Crippen LogP contribution in [0.1, 0.15) is 16.7 Å². The van der Waals surface area contributed by atoms with Crippen LogP contribution in [0.4, 0.5) is 51.2 Å². The lowest BCUT2D eigenvalue weighted by molar-refractivity contribution is 1.14. The van der Waals surface area contributed by atoms with E-state index in [1.165, 1.54) is 33.4 Å². The Morgan fingerprint density at radius 1 is 0.143 bits per heavy atom. The lowest BCUT2D eigenvalue weighted by Crippen LogP contribution is -2.22. The Labute approximate surface area is 494 Å². The molecule has 13 aromatic carbocycles. The maximum absolute atomic E-state index is 2.49. The fraction of sp³-hybridized carbons (Fsp3) is 0.0370. The summed E-state index contributed by atoms with van der Waals surface area (Å²) in [6.07, 6.45) is 0. The smallest absolute Gasteiger partial charge is 0.0562 e. The van der Waals surface area contributed by atoms with Gasteiger partial charge in [0, 0.05) is 34.1 Å². The summed E-state index contributed by atoms with van der Waals surface area (Å²) in [5.41, 5.74) is 26.9. The first kappa shape index (κ1) is 52.6. The molecule has 84 heavy (non-hydrogen) atoms. The molecule has 0 bridgehead atoms. The number of hydrogen-bond donors (Lipinski definition) is 0. The molecule has 0 aromatic heterocycles. The molecule has 0 unspecified atom stereocenters. The van der Waals surface area contributed by atoms with Gasteiger partial charge in [0.05, 0.1) is 17.1 Å². The highest BCUT2D eigenvalue weighted by molar-refractivity contribution is 5.98. The standard InChI is InChI=1S/C81H63N3/c1-58-79(82(73-46-34-67(35-47-73)61-22-10-4-11-23-61)74-48-36-68(37-49-74)62-24-12-5-13-25-62)59(2)81(84(77-54-42-71(43-55-77)65-30-18-8-19-31-65)78-56-44-72(45-57-78)66-32-20-9-21-33-66)60(3)80(58)83(75-50-38-69(39-51-75)63-26-14-6-15-27-63)76-52-40-70(41-53-76)64-28-16-7-17-29-64/h4-57H,1-3H3. The molecule has 0 aliphatic rings. The van der Waals surface area contributed by atoms with E-state index in [9.17, 15) is 0 Å². The van der Waals surface area contributed by atoms with Crippen molar-refractivity contribution in [3.05, 3.63) is 344 Å². The normalized spacial score (nSPS) is 11.0. The zero-order valence-corrected chi connectivity index (χ0v) is 47.5. The van der Waals surface area contributed by atoms with Crippen molar-refractivity contribution in [2.75, 3.05) is 14.7 Å². The predicted molar refractivity (Wildman–Crippen MR) is 357 cm³/mol. The van der Waals surface area contributed by atoms with Crippen molar-refractivity contribution in [2.45, 2.75) is 20.8 Å². The van der Waals surface area contributed by atoms with Crippen LogP contribution in [0.25, 0.3) is 66.8 Å². The molecule has 0 N–H and O–H groups in total. The van der Waals surface area contributed by atoms with E-state index in [2.05, 4.69) is 363 Å². The van der Waals surface area contributed by atoms with Gasteiger partial charge in [-0.25, -0.2) is 0 Å². The summed E-state index contributed by atoms with van der Waals surface area (Å²) in [5.74, 6) is 0. The summed E-state index contributed by atoms with van der Waals surface area (Å²) >= 11 is 0. The van der Waals surface area contributed by atoms with Gasteiger partial charge in [0.1, 0.15) is 0 Å². The van der Waals surface area contributed by atoms with E-state index in [4.69, 9.17) is 0 Å². The maximum atomic E-state index is 2.49. The van der Waals surface area contributed by atoms with Gasteiger partial charge in [-0.3, -0.25) is 0 Å². The van der Waals surface area contributed by atoms with Crippen LogP contribution in [0.3, 0.4) is 0 Å². The van der Waals surface area contributed by atoms with Crippen molar-refractivity contribution < 1.29 is 0 Å². The Hall–Kier alpha value is -10.7. The van der Waals surface area contributed by atoms with Crippen molar-refractivity contribution in [1.82, 2.24) is 0 Å². The van der Waals surface area contributed by atoms with Gasteiger partial charge in [-0.05, 0) is 177 Å². The van der Waals surface area contributed by atoms with E-state index in [1.807, 2.05) is 0 Å². The monoisotopic (exact) mass is 1080 g/mol. The summed E-state index contributed by atoms with van der Waals surface area (Å²) in [7, 11) is 0. The zero-order valence-electron chi connectivity index (χ0n) is 47.5. The van der Waals surface area contributed by atoms with E-state index >= 15 is 0 Å². The Morgan fingerprint density at radius 2 is 0.262 bits per heavy atom. The first-order valence-corrected chi connectivity index (χ1v) is 28.9. The van der Waals surface area contributed by atoms with Crippen LogP contribution in [0.2, 0.25) is 0 Å². The molecular formula is C81H63N3. The van der Waals surface area contributed by atoms with Gasteiger partial charge in [0.2, 0.25) is 0 Å². The summed E-state index contributed by atoms with van der Waals surface area (Å²) < 4.78 is 0. The van der Waals surface area contributed by atoms with Gasteiger partial charge in [-0.15, -0.1) is 0 Å². The molecule has 0 saturated heterocycles. The highest BCUT2D eigenvalue weighted by Crippen LogP contribution is 2.54. The number of hydrogen-bond acceptors (Lipinski definition) is 3. The van der Waals surface area contributed by atoms with Crippen molar-refractivity contribution in [3.8, 4) is 66.8 Å². The Bertz CT molecular complexity index is 3560. The second-order valence-electron chi connectivity index (χ2n) is 21.4. The molecule has 0 heterocycles. The van der Waals surface area contributed by atoms with Gasteiger partial charge in [-0.2, -0.15) is 0 Å². The summed E-state index contributed by atoms with van der Waals surface area (Å²) in [4.78, 5) is 7.47. The SMILES string of the molecule is Cc1c(N(c2ccc(-c3ccccc3)cc2)c2ccc(-c3ccccc3)cc2)c(C)c(N(c2ccc(-c3ccccc3)cc2)c2ccc(-c3ccccc3)cc2)c(C)c1N(c1ccc(-c2ccccc2)cc1)c1ccc(-c2ccccc2)cc1. The first-order valence-electron chi connectivity index (χ1n) is 28.9. The summed E-state index contributed by atoms with van der Waals surface area (Å²) in [6, 6.07) is 119. The highest BCUT2D eigenvalue weighted by Gasteiger charge is 2.31. The van der Waals surface area contributed by atoms with E-state index in [0.717, 1.165) is 101 Å². The number of benzene rings is 13. The predicted octanol–water partition coefficient (Wildman–Crippen LogP) is 23.0. The molecule has 0 aliphatic carbocycles. The van der Waals surface area contributed by atoms with E-state index in [0.29, 0.717) is 0 Å². The minimum Gasteiger partial charge on any atom is -0.310 e. The molecule has 402 valence electrons. The molecule has 0 atom stereocenters. The van der Waals surface area contributed by atoms with Crippen LogP contribution < -0.4 is 14.7 Å². The molecule has 0 amide bonds. The van der Waals surface area contributed by atoms with Crippen molar-refractivity contribution >= 4 is 51.2 Å². The summed E-state index contributed by atoms with van der Waals surface area (Å²) in [6.45, 7) is 6.99. The quantitative estimate of drug-likeness (QED) is 0.101. The number of nitrogens with zero attached hydrogens (tertiary/aromatic N) is 3. The molecule has 0 fully saturated rings. The molecular weight excluding hydrogens is 1010 g/mol. The van der Waals surface area contributed by atoms with Gasteiger partial charge in [0.15, 0.2) is 0 Å². The lowest BCUT2D eigenvalue weighted by atomic mass is 9.93. The second kappa shape index (κ2) is 23.8. The zero-order chi connectivity index (χ0) is 56.8. The topological polar surface area (TPSA) is 9.72 Å². The average Bonchev–Trinajstić information content (AvgIpc) is 1.36. The van der Waals surface area contributed by atoms with Crippen LogP contribution in [-0.2, 0) is 0 Å². The first-order chi connectivity index (χ1) is 41.4. The third kappa shape index (κ3) is 10.7. The lowest BCUT2D eigenvalue weighted by Gasteiger charge is -2.38. The van der Waals surface area contributed by atoms with Gasteiger partial charge in [0.25, 0.3) is 0 Å². The van der Waals surface area contributed by atoms with Crippen LogP contribution in [0, 0.1) is 20.8 Å². The molecule has 3 nitrogen and oxygen atoms in total. The Balaban J connectivity index is 1.10. The second-order valence-corrected chi connectivity index (χ2v) is 21.4. The van der Waals surface area contributed by atoms with Gasteiger partial charge >= 0.3 is 0 Å². The van der Waals surface area contributed by atoms with Crippen LogP contribution in [-0.4, -0.2) is 0 Å². The number of rotatable bonds is 15. The minimum absolute atomic E-state index is 1.05. The maximum Gasteiger partial charge on any atom is 0.0562 e. The fourth-order valence-electron chi connectivity index (χ4n) is 12.0. The third-order valence-corrected chi connectivity index (χ3v) is 16.2. The van der Waals surface area contributed by atoms with Crippen molar-refractivity contribution in [2.24, 2.45) is 0 Å². The van der Waals surface area contributed by atoms with E-state index < -0.39 is 0 Å². The minimum atomic E-state index is 1.05. The summed E-state index contributed by atoms with van der Waals surface area (Å²) in [5, 5.41) is 0. The molecule has 3 heteroatoms. The van der Waals surface area contributed by atoms with Crippen LogP contribution in [0.15, 0.2) is 328 Å².